The Kier molecular flexibility index (Phi) is 6.75. The number of hydrogen-bond donors (Lipinski definition) is 4. The summed E-state index contributed by atoms with van der Waals surface area (Å²) in [4.78, 5) is 26.9. The first kappa shape index (κ1) is 20.4. The number of benzene rings is 1. The molecule has 144 valence electrons. The van der Waals surface area contributed by atoms with Crippen molar-refractivity contribution in [2.24, 2.45) is 5.92 Å². The molecule has 1 heterocycles. The summed E-state index contributed by atoms with van der Waals surface area (Å²) in [7, 11) is 1.72. The zero-order valence-corrected chi connectivity index (χ0v) is 15.8. The molecular weight excluding hydrogens is 334 g/mol. The molecule has 1 aliphatic rings. The van der Waals surface area contributed by atoms with E-state index in [1.807, 2.05) is 24.3 Å². The second-order valence-corrected chi connectivity index (χ2v) is 7.22. The van der Waals surface area contributed by atoms with E-state index in [0.717, 1.165) is 17.5 Å². The van der Waals surface area contributed by atoms with Crippen LogP contribution in [-0.4, -0.2) is 58.9 Å². The van der Waals surface area contributed by atoms with Crippen LogP contribution in [0.1, 0.15) is 37.9 Å². The molecule has 1 aromatic carbocycles. The minimum atomic E-state index is -1.23. The Labute approximate surface area is 154 Å². The third-order valence-corrected chi connectivity index (χ3v) is 4.81. The van der Waals surface area contributed by atoms with Gasteiger partial charge in [0.1, 0.15) is 12.3 Å². The number of fused-ring (bicyclic) bond motifs is 1. The third kappa shape index (κ3) is 4.60. The lowest BCUT2D eigenvalue weighted by Gasteiger charge is -2.27. The van der Waals surface area contributed by atoms with Crippen molar-refractivity contribution in [3.05, 3.63) is 35.4 Å². The molecule has 0 saturated carbocycles. The van der Waals surface area contributed by atoms with Gasteiger partial charge in [-0.1, -0.05) is 38.1 Å². The molecule has 0 aliphatic carbocycles. The Morgan fingerprint density at radius 2 is 1.88 bits per heavy atom. The fourth-order valence-corrected chi connectivity index (χ4v) is 3.00. The molecule has 2 rings (SSSR count). The highest BCUT2D eigenvalue weighted by atomic mass is 16.3. The smallest absolute Gasteiger partial charge is 0.249 e. The molecule has 0 aromatic heterocycles. The molecule has 0 spiro atoms. The summed E-state index contributed by atoms with van der Waals surface area (Å²) in [5.74, 6) is -0.738. The molecule has 2 amide bonds. The van der Waals surface area contributed by atoms with E-state index in [2.05, 4.69) is 10.6 Å². The van der Waals surface area contributed by atoms with Crippen molar-refractivity contribution in [3.63, 3.8) is 0 Å². The molecule has 7 nitrogen and oxygen atoms in total. The van der Waals surface area contributed by atoms with Crippen molar-refractivity contribution in [2.45, 2.75) is 51.6 Å². The van der Waals surface area contributed by atoms with Gasteiger partial charge in [0.25, 0.3) is 0 Å². The van der Waals surface area contributed by atoms with Gasteiger partial charge in [0.05, 0.1) is 12.1 Å². The van der Waals surface area contributed by atoms with Crippen LogP contribution in [0, 0.1) is 5.92 Å². The first-order chi connectivity index (χ1) is 12.2. The highest BCUT2D eigenvalue weighted by Crippen LogP contribution is 2.24. The molecule has 1 unspecified atom stereocenters. The molecule has 1 aliphatic heterocycles. The molecule has 0 saturated heterocycles. The van der Waals surface area contributed by atoms with Crippen molar-refractivity contribution in [2.75, 3.05) is 13.6 Å². The summed E-state index contributed by atoms with van der Waals surface area (Å²) < 4.78 is 0. The minimum absolute atomic E-state index is 0.156. The monoisotopic (exact) mass is 363 g/mol. The Morgan fingerprint density at radius 3 is 2.54 bits per heavy atom. The number of amides is 2. The highest BCUT2D eigenvalue weighted by molar-refractivity contribution is 5.91. The number of hydrogen-bond acceptors (Lipinski definition) is 5. The van der Waals surface area contributed by atoms with Crippen LogP contribution in [0.5, 0.6) is 0 Å². The summed E-state index contributed by atoms with van der Waals surface area (Å²) in [5.41, 5.74) is 1.83. The number of rotatable bonds is 6. The molecule has 4 atom stereocenters. The zero-order valence-electron chi connectivity index (χ0n) is 15.8. The van der Waals surface area contributed by atoms with Crippen LogP contribution in [0.15, 0.2) is 24.3 Å². The number of carbonyl (C=O) groups is 2. The topological polar surface area (TPSA) is 102 Å². The Hall–Kier alpha value is -1.96. The van der Waals surface area contributed by atoms with Crippen LogP contribution in [-0.2, 0) is 16.0 Å². The van der Waals surface area contributed by atoms with E-state index in [4.69, 9.17) is 0 Å². The summed E-state index contributed by atoms with van der Waals surface area (Å²) in [6, 6.07) is 6.05. The van der Waals surface area contributed by atoms with Crippen LogP contribution in [0.4, 0.5) is 0 Å². The molecular formula is C19H29N3O4. The normalized spacial score (nSPS) is 21.0. The Morgan fingerprint density at radius 1 is 1.23 bits per heavy atom. The van der Waals surface area contributed by atoms with E-state index in [9.17, 15) is 19.8 Å². The van der Waals surface area contributed by atoms with Gasteiger partial charge in [-0.2, -0.15) is 0 Å². The molecule has 1 aromatic rings. The minimum Gasteiger partial charge on any atom is -0.389 e. The van der Waals surface area contributed by atoms with E-state index < -0.39 is 30.3 Å². The Bertz CT molecular complexity index is 649. The van der Waals surface area contributed by atoms with Crippen molar-refractivity contribution < 1.29 is 19.8 Å². The predicted molar refractivity (Wildman–Crippen MR) is 98.1 cm³/mol. The Balaban J connectivity index is 2.12. The van der Waals surface area contributed by atoms with E-state index in [1.165, 1.54) is 0 Å². The standard InChI is InChI=1S/C19H29N3O4/c1-11(2)16(23)18(25)20-12(3)17(24)21-15-14-8-6-5-7-13(14)9-10-22(4)19(15)26/h5-8,11-12,15-16,18,20,23,25H,9-10H2,1-4H3,(H,21,24)/t12-,15-,16-,18?/m0/s1. The van der Waals surface area contributed by atoms with Crippen LogP contribution in [0.3, 0.4) is 0 Å². The number of aliphatic hydroxyl groups excluding tert-OH is 2. The second kappa shape index (κ2) is 8.62. The first-order valence-corrected chi connectivity index (χ1v) is 8.97. The summed E-state index contributed by atoms with van der Waals surface area (Å²) in [6.45, 7) is 5.73. The predicted octanol–water partition coefficient (Wildman–Crippen LogP) is 0.172. The fourth-order valence-electron chi connectivity index (χ4n) is 3.00. The van der Waals surface area contributed by atoms with E-state index in [0.29, 0.717) is 6.54 Å². The SMILES string of the molecule is CC(C)[C@H](O)C(O)N[C@@H](C)C(=O)N[C@@H]1C(=O)N(C)CCc2ccccc21. The molecule has 0 bridgehead atoms. The summed E-state index contributed by atoms with van der Waals surface area (Å²) in [6.07, 6.45) is -1.48. The lowest BCUT2D eigenvalue weighted by atomic mass is 9.99. The van der Waals surface area contributed by atoms with Gasteiger partial charge in [-0.15, -0.1) is 0 Å². The van der Waals surface area contributed by atoms with Gasteiger partial charge in [-0.3, -0.25) is 14.9 Å². The van der Waals surface area contributed by atoms with Gasteiger partial charge in [-0.05, 0) is 30.4 Å². The molecule has 4 N–H and O–H groups in total. The molecule has 7 heteroatoms. The summed E-state index contributed by atoms with van der Waals surface area (Å²) >= 11 is 0. The lowest BCUT2D eigenvalue weighted by molar-refractivity contribution is -0.136. The number of nitrogens with one attached hydrogen (secondary N) is 2. The third-order valence-electron chi connectivity index (χ3n) is 4.81. The lowest BCUT2D eigenvalue weighted by Crippen LogP contribution is -2.53. The van der Waals surface area contributed by atoms with Gasteiger partial charge in [0.2, 0.25) is 11.8 Å². The van der Waals surface area contributed by atoms with Gasteiger partial charge in [-0.25, -0.2) is 0 Å². The van der Waals surface area contributed by atoms with Crippen molar-refractivity contribution in [3.8, 4) is 0 Å². The number of likely N-dealkylation sites (N-methyl/N-ethyl adjacent to an activating group) is 1. The zero-order chi connectivity index (χ0) is 19.4. The average molecular weight is 363 g/mol. The van der Waals surface area contributed by atoms with E-state index >= 15 is 0 Å². The fraction of sp³-hybridized carbons (Fsp3) is 0.579. The molecule has 0 fully saturated rings. The molecule has 0 radical (unpaired) electrons. The second-order valence-electron chi connectivity index (χ2n) is 7.22. The van der Waals surface area contributed by atoms with Crippen LogP contribution < -0.4 is 10.6 Å². The first-order valence-electron chi connectivity index (χ1n) is 8.97. The van der Waals surface area contributed by atoms with Gasteiger partial charge in [0, 0.05) is 13.6 Å². The van der Waals surface area contributed by atoms with Crippen molar-refractivity contribution in [1.29, 1.82) is 0 Å². The van der Waals surface area contributed by atoms with E-state index in [-0.39, 0.29) is 11.8 Å². The van der Waals surface area contributed by atoms with Crippen LogP contribution >= 0.6 is 0 Å². The average Bonchev–Trinajstić information content (AvgIpc) is 2.73. The van der Waals surface area contributed by atoms with E-state index in [1.54, 1.807) is 32.7 Å². The summed E-state index contributed by atoms with van der Waals surface area (Å²) in [5, 5.41) is 25.3. The van der Waals surface area contributed by atoms with Crippen LogP contribution in [0.2, 0.25) is 0 Å². The molecule has 26 heavy (non-hydrogen) atoms. The largest absolute Gasteiger partial charge is 0.389 e. The van der Waals surface area contributed by atoms with Crippen molar-refractivity contribution >= 4 is 11.8 Å². The van der Waals surface area contributed by atoms with Crippen LogP contribution in [0.25, 0.3) is 0 Å². The van der Waals surface area contributed by atoms with Gasteiger partial charge >= 0.3 is 0 Å². The maximum atomic E-state index is 12.7. The number of aliphatic hydroxyl groups is 2. The maximum Gasteiger partial charge on any atom is 0.249 e. The number of carbonyl (C=O) groups excluding carboxylic acids is 2. The maximum absolute atomic E-state index is 12.7. The number of nitrogens with zero attached hydrogens (tertiary/aromatic N) is 1. The quantitative estimate of drug-likeness (QED) is 0.540. The van der Waals surface area contributed by atoms with Crippen molar-refractivity contribution in [1.82, 2.24) is 15.5 Å². The van der Waals surface area contributed by atoms with Gasteiger partial charge < -0.3 is 20.4 Å². The highest BCUT2D eigenvalue weighted by Gasteiger charge is 2.32. The van der Waals surface area contributed by atoms with Gasteiger partial charge in [0.15, 0.2) is 0 Å².